The first kappa shape index (κ1) is 24.6. The molecule has 0 radical (unpaired) electrons. The van der Waals surface area contributed by atoms with Crippen LogP contribution in [0, 0.1) is 13.8 Å². The number of imidazole rings is 1. The fraction of sp³-hybridized carbons (Fsp3) is 0.290. The number of benzene rings is 3. The molecule has 0 saturated carbocycles. The largest absolute Gasteiger partial charge is 0.493 e. The summed E-state index contributed by atoms with van der Waals surface area (Å²) in [4.78, 5) is 19.9. The molecule has 1 unspecified atom stereocenters. The Bertz CT molecular complexity index is 1460. The molecule has 0 spiro atoms. The molecule has 37 heavy (non-hydrogen) atoms. The van der Waals surface area contributed by atoms with E-state index in [1.165, 1.54) is 11.1 Å². The van der Waals surface area contributed by atoms with Crippen LogP contribution in [0.15, 0.2) is 73.3 Å². The summed E-state index contributed by atoms with van der Waals surface area (Å²) < 4.78 is 13.9. The van der Waals surface area contributed by atoms with Gasteiger partial charge in [0.2, 0.25) is 5.91 Å². The van der Waals surface area contributed by atoms with Gasteiger partial charge in [-0.2, -0.15) is 0 Å². The monoisotopic (exact) mass is 495 g/mol. The maximum absolute atomic E-state index is 13.1. The number of carbonyl (C=O) groups is 1. The van der Waals surface area contributed by atoms with Gasteiger partial charge >= 0.3 is 0 Å². The zero-order valence-electron chi connectivity index (χ0n) is 21.7. The first-order valence-electron chi connectivity index (χ1n) is 12.7. The van der Waals surface area contributed by atoms with Crippen LogP contribution in [0.1, 0.15) is 34.9 Å². The van der Waals surface area contributed by atoms with Crippen LogP contribution in [0.25, 0.3) is 11.0 Å². The highest BCUT2D eigenvalue weighted by Crippen LogP contribution is 2.34. The van der Waals surface area contributed by atoms with Crippen molar-refractivity contribution in [3.8, 4) is 11.5 Å². The first-order valence-corrected chi connectivity index (χ1v) is 12.7. The summed E-state index contributed by atoms with van der Waals surface area (Å²) in [5.74, 6) is 2.48. The Labute approximate surface area is 218 Å². The van der Waals surface area contributed by atoms with Crippen LogP contribution in [0.2, 0.25) is 0 Å². The number of methoxy groups -OCH3 is 1. The normalized spacial score (nSPS) is 15.4. The molecular weight excluding hydrogens is 462 g/mol. The van der Waals surface area contributed by atoms with Gasteiger partial charge in [0.25, 0.3) is 0 Å². The summed E-state index contributed by atoms with van der Waals surface area (Å²) in [6.07, 6.45) is 3.09. The van der Waals surface area contributed by atoms with E-state index in [-0.39, 0.29) is 11.8 Å². The molecule has 190 valence electrons. The second kappa shape index (κ2) is 10.5. The number of carbonyl (C=O) groups excluding carboxylic acids is 1. The van der Waals surface area contributed by atoms with Crippen molar-refractivity contribution in [1.82, 2.24) is 9.55 Å². The number of hydrogen-bond donors (Lipinski definition) is 0. The number of hydrogen-bond acceptors (Lipinski definition) is 4. The smallest absolute Gasteiger partial charge is 0.227 e. The van der Waals surface area contributed by atoms with Crippen LogP contribution >= 0.6 is 0 Å². The van der Waals surface area contributed by atoms with Crippen LogP contribution in [0.3, 0.4) is 0 Å². The van der Waals surface area contributed by atoms with Gasteiger partial charge in [-0.25, -0.2) is 4.98 Å². The highest BCUT2D eigenvalue weighted by atomic mass is 16.5. The molecule has 6 heteroatoms. The van der Waals surface area contributed by atoms with E-state index in [1.807, 2.05) is 53.4 Å². The SMILES string of the molecule is C=CCc1ccc(OCCn2c(C3CC(=O)N(c4ccc(C)c(C)c4)C3)nc3ccccc32)c(OC)c1. The summed E-state index contributed by atoms with van der Waals surface area (Å²) in [6.45, 7) is 9.65. The highest BCUT2D eigenvalue weighted by molar-refractivity contribution is 5.96. The molecule has 1 aliphatic heterocycles. The third kappa shape index (κ3) is 4.96. The molecule has 1 aromatic heterocycles. The van der Waals surface area contributed by atoms with E-state index in [9.17, 15) is 4.79 Å². The topological polar surface area (TPSA) is 56.6 Å². The second-order valence-corrected chi connectivity index (χ2v) is 9.61. The lowest BCUT2D eigenvalue weighted by atomic mass is 10.1. The lowest BCUT2D eigenvalue weighted by Crippen LogP contribution is -2.24. The summed E-state index contributed by atoms with van der Waals surface area (Å²) >= 11 is 0. The molecule has 1 atom stereocenters. The molecule has 4 aromatic rings. The molecule has 1 aliphatic rings. The maximum atomic E-state index is 13.1. The van der Waals surface area contributed by atoms with Gasteiger partial charge in [0.1, 0.15) is 12.4 Å². The Morgan fingerprint density at radius 1 is 1.05 bits per heavy atom. The summed E-state index contributed by atoms with van der Waals surface area (Å²) in [5, 5.41) is 0. The standard InChI is InChI=1S/C31H33N3O3/c1-5-8-23-12-14-28(29(18-23)36-4)37-16-15-33-27-10-7-6-9-26(27)32-31(33)24-19-30(35)34(20-24)25-13-11-21(2)22(3)17-25/h5-7,9-14,17-18,24H,1,8,15-16,19-20H2,2-4H3. The fourth-order valence-electron chi connectivity index (χ4n) is 5.04. The molecule has 1 amide bonds. The molecular formula is C31H33N3O3. The van der Waals surface area contributed by atoms with Gasteiger partial charge in [0.15, 0.2) is 11.5 Å². The number of aromatic nitrogens is 2. The number of amides is 1. The molecule has 6 nitrogen and oxygen atoms in total. The van der Waals surface area contributed by atoms with E-state index in [0.717, 1.165) is 34.5 Å². The summed E-state index contributed by atoms with van der Waals surface area (Å²) in [6, 6.07) is 20.3. The summed E-state index contributed by atoms with van der Waals surface area (Å²) in [7, 11) is 1.65. The highest BCUT2D eigenvalue weighted by Gasteiger charge is 2.35. The number of ether oxygens (including phenoxy) is 2. The van der Waals surface area contributed by atoms with E-state index in [0.29, 0.717) is 37.6 Å². The van der Waals surface area contributed by atoms with E-state index >= 15 is 0 Å². The molecule has 0 bridgehead atoms. The minimum atomic E-state index is 0.00855. The van der Waals surface area contributed by atoms with Crippen molar-refractivity contribution in [3.63, 3.8) is 0 Å². The molecule has 5 rings (SSSR count). The summed E-state index contributed by atoms with van der Waals surface area (Å²) in [5.41, 5.74) is 6.47. The zero-order valence-corrected chi connectivity index (χ0v) is 21.7. The number of para-hydroxylation sites is 2. The van der Waals surface area contributed by atoms with Crippen molar-refractivity contribution in [1.29, 1.82) is 0 Å². The Balaban J connectivity index is 1.38. The Hall–Kier alpha value is -4.06. The molecule has 1 saturated heterocycles. The predicted octanol–water partition coefficient (Wildman–Crippen LogP) is 5.99. The van der Waals surface area contributed by atoms with Crippen LogP contribution in [-0.4, -0.2) is 35.7 Å². The van der Waals surface area contributed by atoms with Gasteiger partial charge < -0.3 is 18.9 Å². The molecule has 0 aliphatic carbocycles. The number of fused-ring (bicyclic) bond motifs is 1. The van der Waals surface area contributed by atoms with E-state index < -0.39 is 0 Å². The average Bonchev–Trinajstić information content (AvgIpc) is 3.47. The van der Waals surface area contributed by atoms with Crippen molar-refractivity contribution in [2.24, 2.45) is 0 Å². The molecule has 3 aromatic carbocycles. The van der Waals surface area contributed by atoms with E-state index in [2.05, 4.69) is 43.2 Å². The minimum Gasteiger partial charge on any atom is -0.493 e. The average molecular weight is 496 g/mol. The molecule has 2 heterocycles. The van der Waals surface area contributed by atoms with Gasteiger partial charge in [-0.3, -0.25) is 4.79 Å². The van der Waals surface area contributed by atoms with E-state index in [4.69, 9.17) is 14.5 Å². The number of rotatable bonds is 9. The van der Waals surface area contributed by atoms with Crippen LogP contribution in [-0.2, 0) is 17.8 Å². The molecule has 0 N–H and O–H groups in total. The maximum Gasteiger partial charge on any atom is 0.227 e. The van der Waals surface area contributed by atoms with Crippen molar-refractivity contribution in [2.75, 3.05) is 25.2 Å². The third-order valence-corrected chi connectivity index (χ3v) is 7.16. The lowest BCUT2D eigenvalue weighted by Gasteiger charge is -2.19. The van der Waals surface area contributed by atoms with Crippen LogP contribution < -0.4 is 14.4 Å². The van der Waals surface area contributed by atoms with Gasteiger partial charge in [-0.15, -0.1) is 6.58 Å². The quantitative estimate of drug-likeness (QED) is 0.268. The Kier molecular flexibility index (Phi) is 6.99. The second-order valence-electron chi connectivity index (χ2n) is 9.61. The van der Waals surface area contributed by atoms with E-state index in [1.54, 1.807) is 7.11 Å². The number of anilines is 1. The molecule has 1 fully saturated rings. The van der Waals surface area contributed by atoms with Gasteiger partial charge in [0.05, 0.1) is 24.7 Å². The third-order valence-electron chi connectivity index (χ3n) is 7.16. The predicted molar refractivity (Wildman–Crippen MR) is 148 cm³/mol. The Morgan fingerprint density at radius 3 is 2.68 bits per heavy atom. The van der Waals surface area contributed by atoms with Crippen molar-refractivity contribution < 1.29 is 14.3 Å². The van der Waals surface area contributed by atoms with Gasteiger partial charge in [-0.1, -0.05) is 30.3 Å². The van der Waals surface area contributed by atoms with Gasteiger partial charge in [0, 0.05) is 24.6 Å². The number of allylic oxidation sites excluding steroid dienone is 1. The number of nitrogens with zero attached hydrogens (tertiary/aromatic N) is 3. The minimum absolute atomic E-state index is 0.00855. The van der Waals surface area contributed by atoms with Gasteiger partial charge in [-0.05, 0) is 73.4 Å². The Morgan fingerprint density at radius 2 is 1.89 bits per heavy atom. The fourth-order valence-corrected chi connectivity index (χ4v) is 5.04. The van der Waals surface area contributed by atoms with Crippen molar-refractivity contribution in [2.45, 2.75) is 39.2 Å². The zero-order chi connectivity index (χ0) is 25.9. The number of aryl methyl sites for hydroxylation is 2. The van der Waals surface area contributed by atoms with Crippen LogP contribution in [0.5, 0.6) is 11.5 Å². The first-order chi connectivity index (χ1) is 18.0. The van der Waals surface area contributed by atoms with Crippen LogP contribution in [0.4, 0.5) is 5.69 Å². The van der Waals surface area contributed by atoms with Crippen molar-refractivity contribution >= 4 is 22.6 Å². The van der Waals surface area contributed by atoms with Crippen molar-refractivity contribution in [3.05, 3.63) is 95.8 Å². The lowest BCUT2D eigenvalue weighted by molar-refractivity contribution is -0.117.